The van der Waals surface area contributed by atoms with Crippen LogP contribution in [0.2, 0.25) is 0 Å². The van der Waals surface area contributed by atoms with E-state index in [0.29, 0.717) is 19.6 Å². The maximum Gasteiger partial charge on any atom is 0.223 e. The van der Waals surface area contributed by atoms with Crippen molar-refractivity contribution in [2.75, 3.05) is 20.2 Å². The molecule has 0 fully saturated rings. The Labute approximate surface area is 127 Å². The highest BCUT2D eigenvalue weighted by Crippen LogP contribution is 2.19. The molecule has 0 aliphatic rings. The molecule has 0 aromatic heterocycles. The first-order valence-corrected chi connectivity index (χ1v) is 6.67. The molecule has 0 heterocycles. The molecule has 1 unspecified atom stereocenters. The topological polar surface area (TPSA) is 50.4 Å². The van der Waals surface area contributed by atoms with Crippen molar-refractivity contribution in [1.82, 2.24) is 10.6 Å². The van der Waals surface area contributed by atoms with Gasteiger partial charge in [-0.15, -0.1) is 12.4 Å². The highest BCUT2D eigenvalue weighted by molar-refractivity contribution is 5.85. The summed E-state index contributed by atoms with van der Waals surface area (Å²) < 4.78 is 5.64. The van der Waals surface area contributed by atoms with Gasteiger partial charge < -0.3 is 15.4 Å². The van der Waals surface area contributed by atoms with Gasteiger partial charge >= 0.3 is 0 Å². The quantitative estimate of drug-likeness (QED) is 0.812. The Bertz CT molecular complexity index is 424. The van der Waals surface area contributed by atoms with Crippen molar-refractivity contribution in [3.05, 3.63) is 29.3 Å². The van der Waals surface area contributed by atoms with Crippen molar-refractivity contribution >= 4 is 18.3 Å². The Morgan fingerprint density at radius 2 is 2.05 bits per heavy atom. The van der Waals surface area contributed by atoms with Gasteiger partial charge in [0.15, 0.2) is 0 Å². The Morgan fingerprint density at radius 3 is 2.70 bits per heavy atom. The molecule has 0 saturated heterocycles. The summed E-state index contributed by atoms with van der Waals surface area (Å²) in [5, 5.41) is 5.93. The second-order valence-corrected chi connectivity index (χ2v) is 4.86. The lowest BCUT2D eigenvalue weighted by molar-refractivity contribution is -0.121. The summed E-state index contributed by atoms with van der Waals surface area (Å²) in [7, 11) is 1.88. The average molecular weight is 301 g/mol. The number of halogens is 1. The predicted octanol–water partition coefficient (Wildman–Crippen LogP) is 2.22. The number of amides is 1. The monoisotopic (exact) mass is 300 g/mol. The van der Waals surface area contributed by atoms with E-state index < -0.39 is 0 Å². The fourth-order valence-electron chi connectivity index (χ4n) is 1.57. The Hall–Kier alpha value is -1.26. The number of nitrogens with one attached hydrogen (secondary N) is 2. The van der Waals surface area contributed by atoms with Crippen LogP contribution in [-0.4, -0.2) is 32.1 Å². The normalized spacial score (nSPS) is 11.4. The summed E-state index contributed by atoms with van der Waals surface area (Å²) in [6.07, 6.45) is 0.379. The smallest absolute Gasteiger partial charge is 0.223 e. The van der Waals surface area contributed by atoms with Crippen LogP contribution in [0.25, 0.3) is 0 Å². The lowest BCUT2D eigenvalue weighted by atomic mass is 10.1. The van der Waals surface area contributed by atoms with Gasteiger partial charge in [-0.1, -0.05) is 12.1 Å². The Morgan fingerprint density at radius 1 is 1.35 bits per heavy atom. The highest BCUT2D eigenvalue weighted by atomic mass is 35.5. The van der Waals surface area contributed by atoms with Gasteiger partial charge in [0, 0.05) is 12.6 Å². The minimum Gasteiger partial charge on any atom is -0.493 e. The highest BCUT2D eigenvalue weighted by Gasteiger charge is 2.05. The zero-order chi connectivity index (χ0) is 14.3. The number of hydrogen-bond acceptors (Lipinski definition) is 3. The fourth-order valence-corrected chi connectivity index (χ4v) is 1.57. The molecule has 2 N–H and O–H groups in total. The molecular formula is C15H25ClN2O2. The number of aryl methyl sites for hydroxylation is 2. The van der Waals surface area contributed by atoms with E-state index in [-0.39, 0.29) is 24.4 Å². The van der Waals surface area contributed by atoms with Crippen molar-refractivity contribution in [2.45, 2.75) is 33.2 Å². The summed E-state index contributed by atoms with van der Waals surface area (Å²) in [5.74, 6) is 0.879. The van der Waals surface area contributed by atoms with E-state index in [9.17, 15) is 4.79 Å². The number of likely N-dealkylation sites (N-methyl/N-ethyl adjacent to an activating group) is 1. The number of carbonyl (C=O) groups is 1. The molecule has 1 atom stereocenters. The molecule has 0 bridgehead atoms. The lowest BCUT2D eigenvalue weighted by Gasteiger charge is -2.12. The van der Waals surface area contributed by atoms with Crippen LogP contribution < -0.4 is 15.4 Å². The number of benzene rings is 1. The molecule has 1 amide bonds. The molecule has 0 spiro atoms. The SMILES string of the molecule is CNC(C)CNC(=O)CCOc1cc(C)ccc1C.Cl. The fraction of sp³-hybridized carbons (Fsp3) is 0.533. The van der Waals surface area contributed by atoms with Crippen molar-refractivity contribution in [3.63, 3.8) is 0 Å². The molecule has 1 aromatic rings. The van der Waals surface area contributed by atoms with Gasteiger partial charge in [-0.2, -0.15) is 0 Å². The van der Waals surface area contributed by atoms with E-state index in [2.05, 4.69) is 10.6 Å². The van der Waals surface area contributed by atoms with Crippen molar-refractivity contribution in [2.24, 2.45) is 0 Å². The standard InChI is InChI=1S/C15H24N2O2.ClH/c1-11-5-6-12(2)14(9-11)19-8-7-15(18)17-10-13(3)16-4;/h5-6,9,13,16H,7-8,10H2,1-4H3,(H,17,18);1H. The third kappa shape index (κ3) is 6.78. The summed E-state index contributed by atoms with van der Waals surface area (Å²) in [6, 6.07) is 6.35. The average Bonchev–Trinajstić information content (AvgIpc) is 2.40. The van der Waals surface area contributed by atoms with Gasteiger partial charge in [-0.3, -0.25) is 4.79 Å². The molecule has 0 aliphatic carbocycles. The van der Waals surface area contributed by atoms with Crippen LogP contribution in [0.15, 0.2) is 18.2 Å². The number of hydrogen-bond donors (Lipinski definition) is 2. The van der Waals surface area contributed by atoms with Crippen LogP contribution in [0.4, 0.5) is 0 Å². The molecule has 0 radical (unpaired) electrons. The van der Waals surface area contributed by atoms with E-state index in [4.69, 9.17) is 4.74 Å². The third-order valence-corrected chi connectivity index (χ3v) is 3.03. The molecular weight excluding hydrogens is 276 g/mol. The van der Waals surface area contributed by atoms with Crippen LogP contribution in [0.3, 0.4) is 0 Å². The van der Waals surface area contributed by atoms with Crippen LogP contribution in [0, 0.1) is 13.8 Å². The van der Waals surface area contributed by atoms with Crippen molar-refractivity contribution in [3.8, 4) is 5.75 Å². The maximum atomic E-state index is 11.6. The molecule has 0 aliphatic heterocycles. The second-order valence-electron chi connectivity index (χ2n) is 4.86. The van der Waals surface area contributed by atoms with Crippen LogP contribution in [0.5, 0.6) is 5.75 Å². The summed E-state index contributed by atoms with van der Waals surface area (Å²) in [6.45, 7) is 7.09. The molecule has 1 aromatic carbocycles. The van der Waals surface area contributed by atoms with Crippen LogP contribution in [-0.2, 0) is 4.79 Å². The first-order valence-electron chi connectivity index (χ1n) is 6.67. The molecule has 114 valence electrons. The molecule has 0 saturated carbocycles. The number of carbonyl (C=O) groups excluding carboxylic acids is 1. The van der Waals surface area contributed by atoms with E-state index >= 15 is 0 Å². The summed E-state index contributed by atoms with van der Waals surface area (Å²) in [5.41, 5.74) is 2.25. The zero-order valence-electron chi connectivity index (χ0n) is 12.7. The minimum atomic E-state index is 0. The first-order chi connectivity index (χ1) is 9.02. The second kappa shape index (κ2) is 9.61. The first kappa shape index (κ1) is 18.7. The third-order valence-electron chi connectivity index (χ3n) is 3.03. The largest absolute Gasteiger partial charge is 0.493 e. The van der Waals surface area contributed by atoms with Crippen molar-refractivity contribution < 1.29 is 9.53 Å². The van der Waals surface area contributed by atoms with Crippen molar-refractivity contribution in [1.29, 1.82) is 0 Å². The van der Waals surface area contributed by atoms with Gasteiger partial charge in [0.05, 0.1) is 13.0 Å². The van der Waals surface area contributed by atoms with Gasteiger partial charge in [0.1, 0.15) is 5.75 Å². The van der Waals surface area contributed by atoms with Crippen LogP contribution in [0.1, 0.15) is 24.5 Å². The Kier molecular flexibility index (Phi) is 9.01. The van der Waals surface area contributed by atoms with Gasteiger partial charge in [-0.05, 0) is 45.0 Å². The zero-order valence-corrected chi connectivity index (χ0v) is 13.5. The van der Waals surface area contributed by atoms with E-state index in [1.807, 2.05) is 46.0 Å². The summed E-state index contributed by atoms with van der Waals surface area (Å²) in [4.78, 5) is 11.6. The Balaban J connectivity index is 0.00000361. The molecule has 1 rings (SSSR count). The van der Waals surface area contributed by atoms with E-state index in [0.717, 1.165) is 16.9 Å². The number of ether oxygens (including phenoxy) is 1. The van der Waals surface area contributed by atoms with Gasteiger partial charge in [-0.25, -0.2) is 0 Å². The van der Waals surface area contributed by atoms with Gasteiger partial charge in [0.25, 0.3) is 0 Å². The van der Waals surface area contributed by atoms with Gasteiger partial charge in [0.2, 0.25) is 5.91 Å². The molecule has 4 nitrogen and oxygen atoms in total. The summed E-state index contributed by atoms with van der Waals surface area (Å²) >= 11 is 0. The molecule has 5 heteroatoms. The molecule has 20 heavy (non-hydrogen) atoms. The maximum absolute atomic E-state index is 11.6. The van der Waals surface area contributed by atoms with Crippen LogP contribution >= 0.6 is 12.4 Å². The lowest BCUT2D eigenvalue weighted by Crippen LogP contribution is -2.37. The van der Waals surface area contributed by atoms with E-state index in [1.165, 1.54) is 0 Å². The minimum absolute atomic E-state index is 0. The predicted molar refractivity (Wildman–Crippen MR) is 84.8 cm³/mol. The van der Waals surface area contributed by atoms with E-state index in [1.54, 1.807) is 0 Å². The number of rotatable bonds is 7.